The van der Waals surface area contributed by atoms with E-state index < -0.39 is 18.0 Å². The largest absolute Gasteiger partial charge is 0.326 e. The van der Waals surface area contributed by atoms with E-state index in [0.29, 0.717) is 11.6 Å². The van der Waals surface area contributed by atoms with Crippen molar-refractivity contribution in [1.82, 2.24) is 15.6 Å². The minimum Gasteiger partial charge on any atom is -0.326 e. The Morgan fingerprint density at radius 1 is 1.26 bits per heavy atom. The van der Waals surface area contributed by atoms with Crippen LogP contribution in [-0.2, 0) is 9.59 Å². The van der Waals surface area contributed by atoms with Gasteiger partial charge < -0.3 is 5.32 Å². The second kappa shape index (κ2) is 6.57. The fraction of sp³-hybridized carbons (Fsp3) is 0.200. The van der Waals surface area contributed by atoms with Crippen LogP contribution in [0.1, 0.15) is 12.8 Å². The zero-order valence-electron chi connectivity index (χ0n) is 12.0. The van der Waals surface area contributed by atoms with Crippen molar-refractivity contribution in [1.29, 1.82) is 0 Å². The highest BCUT2D eigenvalue weighted by Gasteiger charge is 2.27. The number of anilines is 1. The second-order valence-electron chi connectivity index (χ2n) is 5.00. The SMILES string of the molecule is O=C1CC[C@@H](NC(=O)Nc2ncc(-c3ccccc3)s2)C(=O)N1. The molecule has 3 N–H and O–H groups in total. The number of amides is 4. The summed E-state index contributed by atoms with van der Waals surface area (Å²) in [6.07, 6.45) is 2.19. The highest BCUT2D eigenvalue weighted by atomic mass is 32.1. The van der Waals surface area contributed by atoms with Gasteiger partial charge in [0.2, 0.25) is 11.8 Å². The monoisotopic (exact) mass is 330 g/mol. The Morgan fingerprint density at radius 2 is 2.04 bits per heavy atom. The van der Waals surface area contributed by atoms with Crippen molar-refractivity contribution >= 4 is 34.3 Å². The van der Waals surface area contributed by atoms with Crippen LogP contribution in [0.2, 0.25) is 0 Å². The lowest BCUT2D eigenvalue weighted by Crippen LogP contribution is -2.53. The van der Waals surface area contributed by atoms with Gasteiger partial charge in [0.05, 0.1) is 4.88 Å². The molecule has 0 spiro atoms. The third kappa shape index (κ3) is 3.72. The first-order valence-corrected chi connectivity index (χ1v) is 7.86. The van der Waals surface area contributed by atoms with Crippen molar-refractivity contribution in [2.45, 2.75) is 18.9 Å². The number of nitrogens with one attached hydrogen (secondary N) is 3. The summed E-state index contributed by atoms with van der Waals surface area (Å²) in [6, 6.07) is 8.48. The van der Waals surface area contributed by atoms with Gasteiger partial charge in [0.25, 0.3) is 0 Å². The maximum Gasteiger partial charge on any atom is 0.321 e. The summed E-state index contributed by atoms with van der Waals surface area (Å²) < 4.78 is 0. The molecule has 23 heavy (non-hydrogen) atoms. The zero-order chi connectivity index (χ0) is 16.2. The van der Waals surface area contributed by atoms with E-state index in [1.54, 1.807) is 6.20 Å². The Bertz CT molecular complexity index is 744. The Kier molecular flexibility index (Phi) is 4.33. The molecule has 0 bridgehead atoms. The van der Waals surface area contributed by atoms with E-state index in [9.17, 15) is 14.4 Å². The molecule has 1 saturated heterocycles. The van der Waals surface area contributed by atoms with E-state index in [1.807, 2.05) is 30.3 Å². The number of carbonyl (C=O) groups excluding carboxylic acids is 3. The van der Waals surface area contributed by atoms with Crippen LogP contribution in [0.3, 0.4) is 0 Å². The molecule has 1 aromatic heterocycles. The van der Waals surface area contributed by atoms with Crippen molar-refractivity contribution < 1.29 is 14.4 Å². The lowest BCUT2D eigenvalue weighted by atomic mass is 10.1. The smallest absolute Gasteiger partial charge is 0.321 e. The third-order valence-corrected chi connectivity index (χ3v) is 4.29. The molecule has 118 valence electrons. The van der Waals surface area contributed by atoms with Gasteiger partial charge >= 0.3 is 6.03 Å². The van der Waals surface area contributed by atoms with Crippen LogP contribution in [0.15, 0.2) is 36.5 Å². The van der Waals surface area contributed by atoms with Crippen LogP contribution in [0, 0.1) is 0 Å². The maximum absolute atomic E-state index is 11.9. The number of urea groups is 1. The van der Waals surface area contributed by atoms with Crippen molar-refractivity contribution in [3.8, 4) is 10.4 Å². The summed E-state index contributed by atoms with van der Waals surface area (Å²) in [5, 5.41) is 7.77. The molecule has 3 rings (SSSR count). The van der Waals surface area contributed by atoms with Crippen LogP contribution in [-0.4, -0.2) is 28.9 Å². The number of piperidine rings is 1. The van der Waals surface area contributed by atoms with Crippen LogP contribution in [0.4, 0.5) is 9.93 Å². The molecule has 1 aromatic carbocycles. The average Bonchev–Trinajstić information content (AvgIpc) is 2.99. The number of rotatable bonds is 3. The lowest BCUT2D eigenvalue weighted by Gasteiger charge is -2.21. The van der Waals surface area contributed by atoms with Crippen LogP contribution in [0.25, 0.3) is 10.4 Å². The minimum absolute atomic E-state index is 0.214. The number of hydrogen-bond donors (Lipinski definition) is 3. The Hall–Kier alpha value is -2.74. The van der Waals surface area contributed by atoms with Gasteiger partial charge in [0.15, 0.2) is 5.13 Å². The first-order valence-electron chi connectivity index (χ1n) is 7.04. The molecule has 1 aliphatic rings. The predicted octanol–water partition coefficient (Wildman–Crippen LogP) is 1.74. The van der Waals surface area contributed by atoms with Gasteiger partial charge in [0.1, 0.15) is 6.04 Å². The quantitative estimate of drug-likeness (QED) is 0.746. The average molecular weight is 330 g/mol. The van der Waals surface area contributed by atoms with Crippen LogP contribution < -0.4 is 16.0 Å². The third-order valence-electron chi connectivity index (χ3n) is 3.33. The Labute approximate surface area is 136 Å². The molecule has 2 aromatic rings. The topological polar surface area (TPSA) is 100 Å². The number of hydrogen-bond acceptors (Lipinski definition) is 5. The van der Waals surface area contributed by atoms with E-state index in [2.05, 4.69) is 20.9 Å². The standard InChI is InChI=1S/C15H14N4O3S/c20-12-7-6-10(13(21)18-12)17-14(22)19-15-16-8-11(23-15)9-4-2-1-3-5-9/h1-5,8,10H,6-7H2,(H,18,20,21)(H2,16,17,19,22)/t10-/m1/s1. The first kappa shape index (κ1) is 15.2. The summed E-state index contributed by atoms with van der Waals surface area (Å²) in [5.41, 5.74) is 1.02. The molecular formula is C15H14N4O3S. The zero-order valence-corrected chi connectivity index (χ0v) is 12.9. The first-order chi connectivity index (χ1) is 11.1. The molecule has 1 atom stereocenters. The highest BCUT2D eigenvalue weighted by Crippen LogP contribution is 2.28. The van der Waals surface area contributed by atoms with Gasteiger partial charge in [-0.05, 0) is 12.0 Å². The molecule has 0 unspecified atom stereocenters. The minimum atomic E-state index is -0.707. The number of benzene rings is 1. The summed E-state index contributed by atoms with van der Waals surface area (Å²) in [5.74, 6) is -0.804. The van der Waals surface area contributed by atoms with Crippen LogP contribution in [0.5, 0.6) is 0 Å². The van der Waals surface area contributed by atoms with Crippen molar-refractivity contribution in [2.75, 3.05) is 5.32 Å². The van der Waals surface area contributed by atoms with Crippen molar-refractivity contribution in [3.05, 3.63) is 36.5 Å². The molecule has 8 heteroatoms. The van der Waals surface area contributed by atoms with E-state index in [4.69, 9.17) is 0 Å². The van der Waals surface area contributed by atoms with Crippen molar-refractivity contribution in [2.24, 2.45) is 0 Å². The fourth-order valence-corrected chi connectivity index (χ4v) is 3.01. The molecule has 2 heterocycles. The molecule has 0 aliphatic carbocycles. The molecule has 1 fully saturated rings. The summed E-state index contributed by atoms with van der Waals surface area (Å²) in [4.78, 5) is 39.7. The molecule has 0 saturated carbocycles. The molecule has 0 radical (unpaired) electrons. The maximum atomic E-state index is 11.9. The molecule has 1 aliphatic heterocycles. The van der Waals surface area contributed by atoms with Gasteiger partial charge in [-0.3, -0.25) is 20.2 Å². The number of nitrogens with zero attached hydrogens (tertiary/aromatic N) is 1. The van der Waals surface area contributed by atoms with E-state index in [1.165, 1.54) is 11.3 Å². The van der Waals surface area contributed by atoms with Crippen LogP contribution >= 0.6 is 11.3 Å². The Balaban J connectivity index is 1.59. The van der Waals surface area contributed by atoms with E-state index >= 15 is 0 Å². The lowest BCUT2D eigenvalue weighted by molar-refractivity contribution is -0.134. The highest BCUT2D eigenvalue weighted by molar-refractivity contribution is 7.19. The Morgan fingerprint density at radius 3 is 2.78 bits per heavy atom. The van der Waals surface area contributed by atoms with E-state index in [-0.39, 0.29) is 12.3 Å². The van der Waals surface area contributed by atoms with Gasteiger partial charge in [-0.2, -0.15) is 0 Å². The number of thiazole rings is 1. The van der Waals surface area contributed by atoms with Gasteiger partial charge in [0, 0.05) is 12.6 Å². The number of aromatic nitrogens is 1. The summed E-state index contributed by atoms with van der Waals surface area (Å²) >= 11 is 1.34. The molecular weight excluding hydrogens is 316 g/mol. The van der Waals surface area contributed by atoms with Gasteiger partial charge in [-0.25, -0.2) is 9.78 Å². The van der Waals surface area contributed by atoms with Gasteiger partial charge in [-0.15, -0.1) is 0 Å². The van der Waals surface area contributed by atoms with E-state index in [0.717, 1.165) is 10.4 Å². The molecule has 7 nitrogen and oxygen atoms in total. The normalized spacial score (nSPS) is 17.5. The van der Waals surface area contributed by atoms with Gasteiger partial charge in [-0.1, -0.05) is 41.7 Å². The number of imide groups is 1. The second-order valence-corrected chi connectivity index (χ2v) is 6.03. The summed E-state index contributed by atoms with van der Waals surface area (Å²) in [7, 11) is 0. The fourth-order valence-electron chi connectivity index (χ4n) is 2.19. The summed E-state index contributed by atoms with van der Waals surface area (Å²) in [6.45, 7) is 0. The number of carbonyl (C=O) groups is 3. The van der Waals surface area contributed by atoms with Crippen molar-refractivity contribution in [3.63, 3.8) is 0 Å². The molecule has 4 amide bonds. The predicted molar refractivity (Wildman–Crippen MR) is 85.9 cm³/mol.